The van der Waals surface area contributed by atoms with Gasteiger partial charge in [0.25, 0.3) is 0 Å². The zero-order chi connectivity index (χ0) is 14.6. The largest absolute Gasteiger partial charge is 0.518 e. The van der Waals surface area contributed by atoms with Gasteiger partial charge in [0.15, 0.2) is 6.73 Å². The van der Waals surface area contributed by atoms with Gasteiger partial charge in [-0.15, -0.1) is 0 Å². The van der Waals surface area contributed by atoms with Crippen LogP contribution in [0.4, 0.5) is 4.79 Å². The van der Waals surface area contributed by atoms with Crippen LogP contribution in [-0.2, 0) is 16.1 Å². The summed E-state index contributed by atoms with van der Waals surface area (Å²) in [5.74, 6) is 0. The number of hydrogen-bond acceptors (Lipinski definition) is 4. The Kier molecular flexibility index (Phi) is 4.75. The van der Waals surface area contributed by atoms with E-state index in [4.69, 9.17) is 9.47 Å². The minimum atomic E-state index is -0.482. The molecule has 1 aliphatic rings. The average Bonchev–Trinajstić information content (AvgIpc) is 2.73. The Hall–Kier alpha value is -1.43. The van der Waals surface area contributed by atoms with E-state index in [9.17, 15) is 9.90 Å². The quantitative estimate of drug-likeness (QED) is 0.856. The third kappa shape index (κ3) is 3.00. The molecule has 1 aromatic rings. The third-order valence-electron chi connectivity index (χ3n) is 3.92. The molecule has 0 aliphatic carbocycles. The molecule has 1 aliphatic heterocycles. The molecule has 5 nitrogen and oxygen atoms in total. The van der Waals surface area contributed by atoms with E-state index in [0.29, 0.717) is 13.0 Å². The molecule has 0 radical (unpaired) electrons. The van der Waals surface area contributed by atoms with Crippen LogP contribution in [0.15, 0.2) is 30.3 Å². The van der Waals surface area contributed by atoms with Crippen LogP contribution in [-0.4, -0.2) is 48.2 Å². The number of methoxy groups -OCH3 is 1. The predicted octanol–water partition coefficient (Wildman–Crippen LogP) is 1.90. The minimum Gasteiger partial charge on any atom is -0.415 e. The molecule has 110 valence electrons. The molecule has 5 heteroatoms. The Morgan fingerprint density at radius 1 is 1.40 bits per heavy atom. The van der Waals surface area contributed by atoms with E-state index in [1.165, 1.54) is 0 Å². The molecule has 0 unspecified atom stereocenters. The molecule has 1 N–H and O–H groups in total. The Labute approximate surface area is 119 Å². The van der Waals surface area contributed by atoms with E-state index >= 15 is 0 Å². The van der Waals surface area contributed by atoms with E-state index in [0.717, 1.165) is 5.56 Å². The fraction of sp³-hybridized carbons (Fsp3) is 0.533. The van der Waals surface area contributed by atoms with Gasteiger partial charge in [0.2, 0.25) is 0 Å². The second-order valence-electron chi connectivity index (χ2n) is 5.41. The summed E-state index contributed by atoms with van der Waals surface area (Å²) in [5, 5.41) is 9.82. The molecule has 20 heavy (non-hydrogen) atoms. The predicted molar refractivity (Wildman–Crippen MR) is 73.7 cm³/mol. The van der Waals surface area contributed by atoms with Crippen molar-refractivity contribution in [2.75, 3.05) is 20.4 Å². The number of carbonyl (C=O) groups is 1. The van der Waals surface area contributed by atoms with Crippen molar-refractivity contribution in [2.45, 2.75) is 32.1 Å². The molecule has 1 fully saturated rings. The number of ether oxygens (including phenoxy) is 2. The van der Waals surface area contributed by atoms with E-state index < -0.39 is 6.10 Å². The number of quaternary nitrogens is 1. The highest BCUT2D eigenvalue weighted by molar-refractivity contribution is 5.60. The first kappa shape index (κ1) is 15.0. The van der Waals surface area contributed by atoms with Gasteiger partial charge in [-0.25, -0.2) is 0 Å². The lowest BCUT2D eigenvalue weighted by Gasteiger charge is -2.32. The van der Waals surface area contributed by atoms with Gasteiger partial charge in [0.1, 0.15) is 25.3 Å². The lowest BCUT2D eigenvalue weighted by Crippen LogP contribution is -2.56. The number of amides is 1. The van der Waals surface area contributed by atoms with Crippen molar-refractivity contribution in [3.05, 3.63) is 35.9 Å². The first-order valence-electron chi connectivity index (χ1n) is 6.83. The molecule has 0 spiro atoms. The number of rotatable bonds is 4. The molecule has 1 saturated heterocycles. The Morgan fingerprint density at radius 2 is 2.10 bits per heavy atom. The van der Waals surface area contributed by atoms with Crippen LogP contribution >= 0.6 is 0 Å². The van der Waals surface area contributed by atoms with Crippen molar-refractivity contribution in [2.24, 2.45) is 0 Å². The molecule has 0 bridgehead atoms. The second-order valence-corrected chi connectivity index (χ2v) is 5.41. The zero-order valence-electron chi connectivity index (χ0n) is 12.0. The van der Waals surface area contributed by atoms with Gasteiger partial charge >= 0.3 is 6.09 Å². The summed E-state index contributed by atoms with van der Waals surface area (Å²) in [6.07, 6.45) is -0.228. The Morgan fingerprint density at radius 3 is 2.65 bits per heavy atom. The second kappa shape index (κ2) is 6.35. The van der Waals surface area contributed by atoms with Crippen LogP contribution in [0.5, 0.6) is 0 Å². The van der Waals surface area contributed by atoms with E-state index in [1.807, 2.05) is 37.3 Å². The van der Waals surface area contributed by atoms with Gasteiger partial charge in [-0.2, -0.15) is 9.28 Å². The van der Waals surface area contributed by atoms with Gasteiger partial charge < -0.3 is 14.6 Å². The van der Waals surface area contributed by atoms with E-state index in [1.54, 1.807) is 7.11 Å². The van der Waals surface area contributed by atoms with Crippen molar-refractivity contribution in [1.82, 2.24) is 0 Å². The summed E-state index contributed by atoms with van der Waals surface area (Å²) in [7, 11) is 1.56. The Bertz CT molecular complexity index is 450. The summed E-state index contributed by atoms with van der Waals surface area (Å²) >= 11 is 0. The summed E-state index contributed by atoms with van der Waals surface area (Å²) in [6.45, 7) is 2.76. The third-order valence-corrected chi connectivity index (χ3v) is 3.92. The summed E-state index contributed by atoms with van der Waals surface area (Å²) < 4.78 is 10.6. The average molecular weight is 280 g/mol. The fourth-order valence-corrected chi connectivity index (χ4v) is 2.79. The van der Waals surface area contributed by atoms with Crippen LogP contribution in [0.25, 0.3) is 0 Å². The first-order chi connectivity index (χ1) is 9.58. The van der Waals surface area contributed by atoms with Crippen LogP contribution in [0, 0.1) is 0 Å². The lowest BCUT2D eigenvalue weighted by atomic mass is 10.2. The van der Waals surface area contributed by atoms with Crippen molar-refractivity contribution in [3.8, 4) is 0 Å². The fourth-order valence-electron chi connectivity index (χ4n) is 2.79. The van der Waals surface area contributed by atoms with Crippen molar-refractivity contribution < 1.29 is 23.9 Å². The lowest BCUT2D eigenvalue weighted by molar-refractivity contribution is -0.888. The standard InChI is InChI=1S/C15H22NO4/c1-12-8-14(17)9-16(12,11-19-2)15(18)20-10-13-6-4-3-5-7-13/h3-7,12,14,17H,8-11H2,1-2H3/q+1/t12-,14-,16-/m1/s1. The molecule has 0 aromatic heterocycles. The summed E-state index contributed by atoms with van der Waals surface area (Å²) in [4.78, 5) is 12.4. The Balaban J connectivity index is 2.04. The van der Waals surface area contributed by atoms with Crippen LogP contribution < -0.4 is 0 Å². The van der Waals surface area contributed by atoms with Crippen LogP contribution in [0.1, 0.15) is 18.9 Å². The molecule has 1 heterocycles. The number of hydrogen-bond donors (Lipinski definition) is 1. The van der Waals surface area contributed by atoms with Gasteiger partial charge in [-0.05, 0) is 12.5 Å². The minimum absolute atomic E-state index is 0.00627. The SMILES string of the molecule is COC[N@+]1(C(=O)OCc2ccccc2)C[C@H](O)C[C@H]1C. The number of aliphatic hydroxyl groups is 1. The number of benzene rings is 1. The topological polar surface area (TPSA) is 55.8 Å². The molecular formula is C15H22NO4+. The normalized spacial score (nSPS) is 29.4. The molecular weight excluding hydrogens is 258 g/mol. The molecule has 2 rings (SSSR count). The number of aliphatic hydroxyl groups excluding tert-OH is 1. The van der Waals surface area contributed by atoms with Gasteiger partial charge in [-0.3, -0.25) is 0 Å². The van der Waals surface area contributed by atoms with Gasteiger partial charge in [0, 0.05) is 13.5 Å². The highest BCUT2D eigenvalue weighted by atomic mass is 16.6. The summed E-state index contributed by atoms with van der Waals surface area (Å²) in [5.41, 5.74) is 0.948. The van der Waals surface area contributed by atoms with Crippen LogP contribution in [0.3, 0.4) is 0 Å². The number of likely N-dealkylation sites (tertiary alicyclic amines) is 1. The summed E-state index contributed by atoms with van der Waals surface area (Å²) in [6, 6.07) is 9.55. The molecule has 0 saturated carbocycles. The smallest absolute Gasteiger partial charge is 0.415 e. The van der Waals surface area contributed by atoms with Crippen LogP contribution in [0.2, 0.25) is 0 Å². The van der Waals surface area contributed by atoms with Gasteiger partial charge in [0.05, 0.1) is 0 Å². The first-order valence-corrected chi connectivity index (χ1v) is 6.83. The number of nitrogens with zero attached hydrogens (tertiary/aromatic N) is 1. The maximum atomic E-state index is 12.4. The van der Waals surface area contributed by atoms with E-state index in [-0.39, 0.29) is 30.0 Å². The van der Waals surface area contributed by atoms with Gasteiger partial charge in [-0.1, -0.05) is 30.3 Å². The monoisotopic (exact) mass is 280 g/mol. The molecule has 1 aromatic carbocycles. The maximum absolute atomic E-state index is 12.4. The van der Waals surface area contributed by atoms with Crippen molar-refractivity contribution in [1.29, 1.82) is 0 Å². The molecule has 3 atom stereocenters. The van der Waals surface area contributed by atoms with Crippen molar-refractivity contribution in [3.63, 3.8) is 0 Å². The van der Waals surface area contributed by atoms with Crippen molar-refractivity contribution >= 4 is 6.09 Å². The zero-order valence-corrected chi connectivity index (χ0v) is 12.0. The maximum Gasteiger partial charge on any atom is 0.518 e. The highest BCUT2D eigenvalue weighted by Gasteiger charge is 2.51. The van der Waals surface area contributed by atoms with E-state index in [2.05, 4.69) is 0 Å². The highest BCUT2D eigenvalue weighted by Crippen LogP contribution is 2.29. The number of carbonyl (C=O) groups excluding carboxylic acids is 1. The molecule has 1 amide bonds.